The molecule has 0 saturated heterocycles. The number of carbonyl (C=O) groups is 1. The van der Waals surface area contributed by atoms with Crippen LogP contribution in [0.2, 0.25) is 0 Å². The maximum atomic E-state index is 11.9. The molecule has 0 aliphatic heterocycles. The third-order valence-electron chi connectivity index (χ3n) is 3.44. The molecule has 98 valence electrons. The van der Waals surface area contributed by atoms with Gasteiger partial charge in [-0.2, -0.15) is 5.10 Å². The summed E-state index contributed by atoms with van der Waals surface area (Å²) in [7, 11) is 1.42. The number of benzene rings is 1. The lowest BCUT2D eigenvalue weighted by atomic mass is 10.2. The van der Waals surface area contributed by atoms with E-state index in [-0.39, 0.29) is 5.97 Å². The molecule has 1 heterocycles. The first kappa shape index (κ1) is 12.4. The summed E-state index contributed by atoms with van der Waals surface area (Å²) < 4.78 is 7.48. The molecule has 0 N–H and O–H groups in total. The first-order valence-electron chi connectivity index (χ1n) is 6.07. The first-order valence-corrected chi connectivity index (χ1v) is 6.86. The quantitative estimate of drug-likeness (QED) is 0.817. The zero-order valence-corrected chi connectivity index (χ0v) is 12.1. The van der Waals surface area contributed by atoms with E-state index in [1.165, 1.54) is 7.11 Å². The van der Waals surface area contributed by atoms with Crippen LogP contribution in [0.15, 0.2) is 41.0 Å². The average molecular weight is 321 g/mol. The second-order valence-corrected chi connectivity index (χ2v) is 5.51. The summed E-state index contributed by atoms with van der Waals surface area (Å²) in [4.78, 5) is 11.9. The van der Waals surface area contributed by atoms with Crippen LogP contribution in [0, 0.1) is 0 Å². The SMILES string of the molecule is COC(=O)C1(n2cc(Br)c(-c3ccccc3)n2)CC1. The Morgan fingerprint density at radius 1 is 1.37 bits per heavy atom. The molecule has 1 saturated carbocycles. The predicted octanol–water partition coefficient (Wildman–Crippen LogP) is 2.97. The Kier molecular flexibility index (Phi) is 2.93. The van der Waals surface area contributed by atoms with Crippen LogP contribution in [0.3, 0.4) is 0 Å². The van der Waals surface area contributed by atoms with Crippen LogP contribution in [0.4, 0.5) is 0 Å². The minimum absolute atomic E-state index is 0.220. The molecule has 0 spiro atoms. The van der Waals surface area contributed by atoms with E-state index in [2.05, 4.69) is 21.0 Å². The summed E-state index contributed by atoms with van der Waals surface area (Å²) in [5.41, 5.74) is 1.27. The van der Waals surface area contributed by atoms with Gasteiger partial charge in [-0.25, -0.2) is 4.79 Å². The molecule has 0 unspecified atom stereocenters. The van der Waals surface area contributed by atoms with Crippen LogP contribution in [-0.4, -0.2) is 22.9 Å². The summed E-state index contributed by atoms with van der Waals surface area (Å²) in [6.45, 7) is 0. The van der Waals surface area contributed by atoms with Crippen LogP contribution in [0.5, 0.6) is 0 Å². The van der Waals surface area contributed by atoms with Gasteiger partial charge in [0.2, 0.25) is 0 Å². The van der Waals surface area contributed by atoms with Crippen molar-refractivity contribution < 1.29 is 9.53 Å². The van der Waals surface area contributed by atoms with Gasteiger partial charge in [-0.15, -0.1) is 0 Å². The molecule has 1 aliphatic carbocycles. The lowest BCUT2D eigenvalue weighted by Crippen LogP contribution is -2.29. The van der Waals surface area contributed by atoms with Gasteiger partial charge in [0.1, 0.15) is 5.69 Å². The highest BCUT2D eigenvalue weighted by Gasteiger charge is 2.54. The van der Waals surface area contributed by atoms with Crippen LogP contribution in [-0.2, 0) is 15.1 Å². The van der Waals surface area contributed by atoms with E-state index in [0.29, 0.717) is 0 Å². The molecule has 0 radical (unpaired) electrons. The fraction of sp³-hybridized carbons (Fsp3) is 0.286. The van der Waals surface area contributed by atoms with Crippen molar-refractivity contribution in [2.45, 2.75) is 18.4 Å². The third kappa shape index (κ3) is 1.98. The molecule has 2 aromatic rings. The van der Waals surface area contributed by atoms with Gasteiger partial charge in [-0.3, -0.25) is 4.68 Å². The summed E-state index contributed by atoms with van der Waals surface area (Å²) in [6, 6.07) is 9.89. The van der Waals surface area contributed by atoms with E-state index in [1.807, 2.05) is 36.5 Å². The number of rotatable bonds is 3. The second-order valence-electron chi connectivity index (χ2n) is 4.66. The van der Waals surface area contributed by atoms with Crippen molar-refractivity contribution in [1.29, 1.82) is 0 Å². The molecule has 0 bridgehead atoms. The molecule has 0 atom stereocenters. The molecule has 1 fully saturated rings. The van der Waals surface area contributed by atoms with Gasteiger partial charge in [-0.1, -0.05) is 30.3 Å². The van der Waals surface area contributed by atoms with Crippen molar-refractivity contribution >= 4 is 21.9 Å². The van der Waals surface area contributed by atoms with Crippen molar-refractivity contribution in [3.63, 3.8) is 0 Å². The Balaban J connectivity index is 2.01. The van der Waals surface area contributed by atoms with E-state index in [9.17, 15) is 4.79 Å². The molecule has 1 aromatic heterocycles. The number of esters is 1. The molecule has 5 heteroatoms. The number of ether oxygens (including phenoxy) is 1. The Morgan fingerprint density at radius 2 is 2.05 bits per heavy atom. The van der Waals surface area contributed by atoms with E-state index >= 15 is 0 Å². The number of hydrogen-bond donors (Lipinski definition) is 0. The van der Waals surface area contributed by atoms with Gasteiger partial charge in [0, 0.05) is 11.8 Å². The highest BCUT2D eigenvalue weighted by Crippen LogP contribution is 2.45. The number of nitrogens with zero attached hydrogens (tertiary/aromatic N) is 2. The molecule has 4 nitrogen and oxygen atoms in total. The van der Waals surface area contributed by atoms with Crippen molar-refractivity contribution in [1.82, 2.24) is 9.78 Å². The monoisotopic (exact) mass is 320 g/mol. The number of aromatic nitrogens is 2. The zero-order chi connectivity index (χ0) is 13.5. The van der Waals surface area contributed by atoms with Gasteiger partial charge < -0.3 is 4.74 Å². The molecular weight excluding hydrogens is 308 g/mol. The molecule has 0 amide bonds. The van der Waals surface area contributed by atoms with E-state index in [4.69, 9.17) is 4.74 Å². The summed E-state index contributed by atoms with van der Waals surface area (Å²) in [5, 5.41) is 4.55. The number of hydrogen-bond acceptors (Lipinski definition) is 3. The molecular formula is C14H13BrN2O2. The van der Waals surface area contributed by atoms with Crippen LogP contribution >= 0.6 is 15.9 Å². The van der Waals surface area contributed by atoms with E-state index < -0.39 is 5.54 Å². The van der Waals surface area contributed by atoms with Crippen molar-refractivity contribution in [2.24, 2.45) is 0 Å². The largest absolute Gasteiger partial charge is 0.467 e. The molecule has 3 rings (SSSR count). The Morgan fingerprint density at radius 3 is 2.63 bits per heavy atom. The number of carbonyl (C=O) groups excluding carboxylic acids is 1. The summed E-state index contributed by atoms with van der Waals surface area (Å²) in [5.74, 6) is -0.220. The molecule has 19 heavy (non-hydrogen) atoms. The standard InChI is InChI=1S/C14H13BrN2O2/c1-19-13(18)14(7-8-14)17-9-11(15)12(16-17)10-5-3-2-4-6-10/h2-6,9H,7-8H2,1H3. The average Bonchev–Trinajstić information content (AvgIpc) is 3.17. The third-order valence-corrected chi connectivity index (χ3v) is 4.02. The predicted molar refractivity (Wildman–Crippen MR) is 74.6 cm³/mol. The molecule has 1 aliphatic rings. The van der Waals surface area contributed by atoms with E-state index in [1.54, 1.807) is 4.68 Å². The van der Waals surface area contributed by atoms with Crippen LogP contribution < -0.4 is 0 Å². The van der Waals surface area contributed by atoms with Crippen LogP contribution in [0.1, 0.15) is 12.8 Å². The van der Waals surface area contributed by atoms with Gasteiger partial charge in [-0.05, 0) is 28.8 Å². The van der Waals surface area contributed by atoms with Gasteiger partial charge in [0.25, 0.3) is 0 Å². The maximum Gasteiger partial charge on any atom is 0.333 e. The smallest absolute Gasteiger partial charge is 0.333 e. The summed E-state index contributed by atoms with van der Waals surface area (Å²) in [6.07, 6.45) is 3.41. The first-order chi connectivity index (χ1) is 9.17. The second kappa shape index (κ2) is 4.49. The van der Waals surface area contributed by atoms with Crippen molar-refractivity contribution in [3.05, 3.63) is 41.0 Å². The highest BCUT2D eigenvalue weighted by molar-refractivity contribution is 9.10. The minimum Gasteiger partial charge on any atom is -0.467 e. The Bertz CT molecular complexity index is 618. The minimum atomic E-state index is -0.593. The van der Waals surface area contributed by atoms with Gasteiger partial charge >= 0.3 is 5.97 Å². The normalized spacial score (nSPS) is 16.1. The Hall–Kier alpha value is -1.62. The van der Waals surface area contributed by atoms with Crippen molar-refractivity contribution in [3.8, 4) is 11.3 Å². The topological polar surface area (TPSA) is 44.1 Å². The Labute approximate surface area is 119 Å². The lowest BCUT2D eigenvalue weighted by molar-refractivity contribution is -0.146. The highest BCUT2D eigenvalue weighted by atomic mass is 79.9. The fourth-order valence-electron chi connectivity index (χ4n) is 2.20. The van der Waals surface area contributed by atoms with Crippen molar-refractivity contribution in [2.75, 3.05) is 7.11 Å². The summed E-state index contributed by atoms with van der Waals surface area (Å²) >= 11 is 3.51. The number of methoxy groups -OCH3 is 1. The lowest BCUT2D eigenvalue weighted by Gasteiger charge is -2.12. The fourth-order valence-corrected chi connectivity index (χ4v) is 2.70. The van der Waals surface area contributed by atoms with Crippen LogP contribution in [0.25, 0.3) is 11.3 Å². The zero-order valence-electron chi connectivity index (χ0n) is 10.5. The maximum absolute atomic E-state index is 11.9. The van der Waals surface area contributed by atoms with Gasteiger partial charge in [0.05, 0.1) is 11.6 Å². The molecule has 1 aromatic carbocycles. The number of halogens is 1. The van der Waals surface area contributed by atoms with Gasteiger partial charge in [0.15, 0.2) is 5.54 Å². The van der Waals surface area contributed by atoms with E-state index in [0.717, 1.165) is 28.6 Å².